The summed E-state index contributed by atoms with van der Waals surface area (Å²) in [6, 6.07) is 17.2. The predicted molar refractivity (Wildman–Crippen MR) is 117 cm³/mol. The molecule has 1 aliphatic heterocycles. The Balaban J connectivity index is 1.98. The molecule has 1 saturated heterocycles. The fraction of sp³-hybridized carbons (Fsp3) is 0.0435. The number of nitro benzene ring substituents is 2. The van der Waals surface area contributed by atoms with Crippen molar-refractivity contribution in [1.82, 2.24) is 0 Å². The lowest BCUT2D eigenvalue weighted by atomic mass is 9.94. The Morgan fingerprint density at radius 2 is 1.42 bits per heavy atom. The number of Topliss-reactive ketones (excluding diaryl/α,β-unsaturated/α-hetero) is 1. The van der Waals surface area contributed by atoms with Gasteiger partial charge in [0.25, 0.3) is 23.1 Å². The minimum Gasteiger partial charge on any atom is -0.507 e. The van der Waals surface area contributed by atoms with E-state index in [-0.39, 0.29) is 28.1 Å². The third-order valence-electron chi connectivity index (χ3n) is 5.26. The van der Waals surface area contributed by atoms with Gasteiger partial charge in [0.05, 0.1) is 21.0 Å². The molecule has 164 valence electrons. The molecule has 1 aliphatic rings. The van der Waals surface area contributed by atoms with Gasteiger partial charge in [-0.1, -0.05) is 30.3 Å². The minimum absolute atomic E-state index is 0.0361. The number of para-hydroxylation sites is 2. The molecule has 10 nitrogen and oxygen atoms in total. The molecular formula is C23H15N3O7. The maximum absolute atomic E-state index is 13.1. The van der Waals surface area contributed by atoms with Crippen LogP contribution in [0.4, 0.5) is 17.1 Å². The molecule has 0 aliphatic carbocycles. The third-order valence-corrected chi connectivity index (χ3v) is 5.26. The topological polar surface area (TPSA) is 144 Å². The first-order chi connectivity index (χ1) is 15.8. The van der Waals surface area contributed by atoms with Crippen LogP contribution in [0.15, 0.2) is 84.4 Å². The highest BCUT2D eigenvalue weighted by atomic mass is 16.6. The predicted octanol–water partition coefficient (Wildman–Crippen LogP) is 4.13. The van der Waals surface area contributed by atoms with Gasteiger partial charge in [0, 0.05) is 29.4 Å². The second-order valence-corrected chi connectivity index (χ2v) is 7.12. The van der Waals surface area contributed by atoms with Crippen molar-refractivity contribution in [2.75, 3.05) is 4.90 Å². The van der Waals surface area contributed by atoms with Crippen LogP contribution < -0.4 is 4.90 Å². The summed E-state index contributed by atoms with van der Waals surface area (Å²) in [6.07, 6.45) is 0. The van der Waals surface area contributed by atoms with Gasteiger partial charge in [-0.3, -0.25) is 34.7 Å². The highest BCUT2D eigenvalue weighted by Gasteiger charge is 2.48. The average Bonchev–Trinajstić information content (AvgIpc) is 3.09. The second kappa shape index (κ2) is 8.35. The molecule has 1 amide bonds. The van der Waals surface area contributed by atoms with E-state index in [1.54, 1.807) is 30.3 Å². The number of rotatable bonds is 5. The van der Waals surface area contributed by atoms with Crippen molar-refractivity contribution in [3.8, 4) is 0 Å². The van der Waals surface area contributed by atoms with Crippen molar-refractivity contribution in [2.24, 2.45) is 0 Å². The molecule has 1 fully saturated rings. The SMILES string of the molecule is O=C1C(=O)N(c2ccccc2)C(c2ccccc2[N+](=O)[O-])C1=C(O)c1ccc([N+](=O)[O-])cc1. The van der Waals surface area contributed by atoms with Gasteiger partial charge in [-0.15, -0.1) is 0 Å². The van der Waals surface area contributed by atoms with Crippen LogP contribution in [-0.4, -0.2) is 26.6 Å². The quantitative estimate of drug-likeness (QED) is 0.204. The van der Waals surface area contributed by atoms with E-state index in [0.29, 0.717) is 5.69 Å². The Hall–Kier alpha value is -4.86. The largest absolute Gasteiger partial charge is 0.507 e. The molecule has 0 saturated carbocycles. The number of aliphatic hydroxyl groups is 1. The number of hydrogen-bond acceptors (Lipinski definition) is 7. The summed E-state index contributed by atoms with van der Waals surface area (Å²) in [5.41, 5.74) is -0.520. The van der Waals surface area contributed by atoms with Crippen molar-refractivity contribution >= 4 is 34.5 Å². The van der Waals surface area contributed by atoms with E-state index in [2.05, 4.69) is 0 Å². The molecule has 1 heterocycles. The molecular weight excluding hydrogens is 430 g/mol. The van der Waals surface area contributed by atoms with Crippen LogP contribution in [0.5, 0.6) is 0 Å². The number of amides is 1. The van der Waals surface area contributed by atoms with Crippen molar-refractivity contribution in [3.05, 3.63) is 116 Å². The summed E-state index contributed by atoms with van der Waals surface area (Å²) >= 11 is 0. The smallest absolute Gasteiger partial charge is 0.300 e. The third kappa shape index (κ3) is 3.69. The van der Waals surface area contributed by atoms with Gasteiger partial charge in [0.15, 0.2) is 0 Å². The van der Waals surface area contributed by atoms with Crippen molar-refractivity contribution in [2.45, 2.75) is 6.04 Å². The zero-order chi connectivity index (χ0) is 23.7. The molecule has 3 aromatic rings. The number of ketones is 1. The summed E-state index contributed by atoms with van der Waals surface area (Å²) in [5.74, 6) is -2.59. The molecule has 0 spiro atoms. The van der Waals surface area contributed by atoms with Crippen molar-refractivity contribution in [1.29, 1.82) is 0 Å². The van der Waals surface area contributed by atoms with Gasteiger partial charge in [-0.25, -0.2) is 0 Å². The van der Waals surface area contributed by atoms with Gasteiger partial charge in [-0.2, -0.15) is 0 Å². The van der Waals surface area contributed by atoms with Gasteiger partial charge in [0.1, 0.15) is 11.8 Å². The van der Waals surface area contributed by atoms with Crippen LogP contribution >= 0.6 is 0 Å². The van der Waals surface area contributed by atoms with E-state index in [4.69, 9.17) is 0 Å². The minimum atomic E-state index is -1.29. The van der Waals surface area contributed by atoms with Crippen LogP contribution in [0.1, 0.15) is 17.2 Å². The lowest BCUT2D eigenvalue weighted by molar-refractivity contribution is -0.385. The summed E-state index contributed by atoms with van der Waals surface area (Å²) in [5, 5.41) is 33.6. The molecule has 33 heavy (non-hydrogen) atoms. The lowest BCUT2D eigenvalue weighted by Gasteiger charge is -2.25. The fourth-order valence-electron chi connectivity index (χ4n) is 3.76. The maximum atomic E-state index is 13.1. The zero-order valence-corrected chi connectivity index (χ0v) is 16.8. The average molecular weight is 445 g/mol. The first kappa shape index (κ1) is 21.4. The number of carbonyl (C=O) groups excluding carboxylic acids is 2. The molecule has 3 aromatic carbocycles. The Labute approximate surface area is 186 Å². The number of carbonyl (C=O) groups is 2. The van der Waals surface area contributed by atoms with Crippen LogP contribution in [0.25, 0.3) is 5.76 Å². The number of hydrogen-bond donors (Lipinski definition) is 1. The van der Waals surface area contributed by atoms with Crippen molar-refractivity contribution < 1.29 is 24.5 Å². The van der Waals surface area contributed by atoms with Gasteiger partial charge >= 0.3 is 0 Å². The molecule has 1 N–H and O–H groups in total. The van der Waals surface area contributed by atoms with E-state index in [1.807, 2.05) is 0 Å². The Morgan fingerprint density at radius 1 is 0.818 bits per heavy atom. The van der Waals surface area contributed by atoms with E-state index < -0.39 is 33.3 Å². The van der Waals surface area contributed by atoms with Gasteiger partial charge in [0.2, 0.25) is 0 Å². The highest BCUT2D eigenvalue weighted by Crippen LogP contribution is 2.44. The van der Waals surface area contributed by atoms with E-state index >= 15 is 0 Å². The normalized spacial score (nSPS) is 17.2. The molecule has 0 aromatic heterocycles. The first-order valence-corrected chi connectivity index (χ1v) is 9.65. The molecule has 0 radical (unpaired) electrons. The van der Waals surface area contributed by atoms with Crippen LogP contribution in [-0.2, 0) is 9.59 Å². The molecule has 1 atom stereocenters. The number of aliphatic hydroxyl groups excluding tert-OH is 1. The second-order valence-electron chi connectivity index (χ2n) is 7.12. The molecule has 0 bridgehead atoms. The summed E-state index contributed by atoms with van der Waals surface area (Å²) in [6.45, 7) is 0. The Morgan fingerprint density at radius 3 is 2.03 bits per heavy atom. The molecule has 10 heteroatoms. The van der Waals surface area contributed by atoms with Gasteiger partial charge < -0.3 is 5.11 Å². The first-order valence-electron chi connectivity index (χ1n) is 9.65. The summed E-state index contributed by atoms with van der Waals surface area (Å²) in [7, 11) is 0. The monoisotopic (exact) mass is 445 g/mol. The number of non-ortho nitro benzene ring substituents is 1. The van der Waals surface area contributed by atoms with E-state index in [9.17, 15) is 34.9 Å². The summed E-state index contributed by atoms with van der Waals surface area (Å²) in [4.78, 5) is 48.6. The van der Waals surface area contributed by atoms with Crippen LogP contribution in [0, 0.1) is 20.2 Å². The zero-order valence-electron chi connectivity index (χ0n) is 16.8. The molecule has 1 unspecified atom stereocenters. The van der Waals surface area contributed by atoms with E-state index in [0.717, 1.165) is 17.0 Å². The number of anilines is 1. The van der Waals surface area contributed by atoms with E-state index in [1.165, 1.54) is 36.4 Å². The number of nitrogens with zero attached hydrogens (tertiary/aromatic N) is 3. The Kier molecular flexibility index (Phi) is 5.41. The Bertz CT molecular complexity index is 1320. The fourth-order valence-corrected chi connectivity index (χ4v) is 3.76. The highest BCUT2D eigenvalue weighted by molar-refractivity contribution is 6.51. The summed E-state index contributed by atoms with van der Waals surface area (Å²) < 4.78 is 0. The van der Waals surface area contributed by atoms with Crippen molar-refractivity contribution in [3.63, 3.8) is 0 Å². The van der Waals surface area contributed by atoms with Gasteiger partial charge in [-0.05, 0) is 30.3 Å². The molecule has 4 rings (SSSR count). The lowest BCUT2D eigenvalue weighted by Crippen LogP contribution is -2.29. The number of nitro groups is 2. The number of benzene rings is 3. The van der Waals surface area contributed by atoms with Crippen LogP contribution in [0.3, 0.4) is 0 Å². The van der Waals surface area contributed by atoms with Crippen LogP contribution in [0.2, 0.25) is 0 Å². The maximum Gasteiger partial charge on any atom is 0.300 e. The standard InChI is InChI=1S/C23H15N3O7/c27-21(14-10-12-16(13-11-14)25(30)31)19-20(17-8-4-5-9-18(17)26(32)33)24(23(29)22(19)28)15-6-2-1-3-7-15/h1-13,20,27H.